The van der Waals surface area contributed by atoms with Crippen molar-refractivity contribution in [3.63, 3.8) is 0 Å². The minimum atomic E-state index is -0.907. The summed E-state index contributed by atoms with van der Waals surface area (Å²) in [6, 6.07) is 9.30. The molecule has 0 radical (unpaired) electrons. The number of hydrogen-bond donors (Lipinski definition) is 2. The SMILES string of the molecule is COC(=O)C(Cc1ccc(F)cc1)NC(=O)Nc1cc(Cl)ccc1C. The fourth-order valence-electron chi connectivity index (χ4n) is 2.24. The molecule has 1 atom stereocenters. The number of hydrogen-bond acceptors (Lipinski definition) is 3. The maximum absolute atomic E-state index is 13.0. The number of anilines is 1. The standard InChI is InChI=1S/C18H18ClFN2O3/c1-11-3-6-13(19)10-15(11)21-18(24)22-16(17(23)25-2)9-12-4-7-14(20)8-5-12/h3-8,10,16H,9H2,1-2H3,(H2,21,22,24). The van der Waals surface area contributed by atoms with E-state index >= 15 is 0 Å². The summed E-state index contributed by atoms with van der Waals surface area (Å²) < 4.78 is 17.7. The average molecular weight is 365 g/mol. The van der Waals surface area contributed by atoms with Crippen LogP contribution >= 0.6 is 11.6 Å². The Kier molecular flexibility index (Phi) is 6.36. The number of carbonyl (C=O) groups excluding carboxylic acids is 2. The molecule has 1 unspecified atom stereocenters. The van der Waals surface area contributed by atoms with Crippen LogP contribution < -0.4 is 10.6 Å². The van der Waals surface area contributed by atoms with Gasteiger partial charge in [-0.15, -0.1) is 0 Å². The highest BCUT2D eigenvalue weighted by molar-refractivity contribution is 6.31. The number of carbonyl (C=O) groups is 2. The lowest BCUT2D eigenvalue weighted by Gasteiger charge is -2.18. The van der Waals surface area contributed by atoms with Crippen LogP contribution in [0.4, 0.5) is 14.9 Å². The summed E-state index contributed by atoms with van der Waals surface area (Å²) in [5, 5.41) is 5.70. The van der Waals surface area contributed by atoms with Crippen molar-refractivity contribution in [3.8, 4) is 0 Å². The van der Waals surface area contributed by atoms with Gasteiger partial charge in [-0.2, -0.15) is 0 Å². The molecule has 0 fully saturated rings. The normalized spacial score (nSPS) is 11.5. The molecule has 132 valence electrons. The largest absolute Gasteiger partial charge is 0.467 e. The Bertz CT molecular complexity index is 765. The van der Waals surface area contributed by atoms with E-state index in [1.54, 1.807) is 30.3 Å². The highest BCUT2D eigenvalue weighted by Gasteiger charge is 2.22. The van der Waals surface area contributed by atoms with E-state index in [1.165, 1.54) is 19.2 Å². The third-order valence-corrected chi connectivity index (χ3v) is 3.83. The molecule has 2 rings (SSSR count). The van der Waals surface area contributed by atoms with Crippen molar-refractivity contribution in [1.29, 1.82) is 0 Å². The van der Waals surface area contributed by atoms with Gasteiger partial charge in [0.15, 0.2) is 0 Å². The molecular formula is C18H18ClFN2O3. The van der Waals surface area contributed by atoms with Crippen LogP contribution in [0.15, 0.2) is 42.5 Å². The Labute approximate surface area is 150 Å². The predicted octanol–water partition coefficient (Wildman–Crippen LogP) is 3.69. The second kappa shape index (κ2) is 8.48. The van der Waals surface area contributed by atoms with Gasteiger partial charge in [0.2, 0.25) is 0 Å². The smallest absolute Gasteiger partial charge is 0.328 e. The van der Waals surface area contributed by atoms with Crippen LogP contribution in [-0.2, 0) is 16.0 Å². The van der Waals surface area contributed by atoms with Crippen LogP contribution in [0, 0.1) is 12.7 Å². The molecule has 0 saturated heterocycles. The number of nitrogens with one attached hydrogen (secondary N) is 2. The van der Waals surface area contributed by atoms with Crippen molar-refractivity contribution in [2.24, 2.45) is 0 Å². The van der Waals surface area contributed by atoms with Gasteiger partial charge in [-0.3, -0.25) is 0 Å². The number of esters is 1. The molecule has 2 amide bonds. The van der Waals surface area contributed by atoms with Gasteiger partial charge in [0, 0.05) is 17.1 Å². The quantitative estimate of drug-likeness (QED) is 0.795. The van der Waals surface area contributed by atoms with Gasteiger partial charge < -0.3 is 15.4 Å². The molecular weight excluding hydrogens is 347 g/mol. The number of ether oxygens (including phenoxy) is 1. The van der Waals surface area contributed by atoms with Crippen LogP contribution in [0.5, 0.6) is 0 Å². The van der Waals surface area contributed by atoms with Crippen molar-refractivity contribution in [3.05, 3.63) is 64.4 Å². The monoisotopic (exact) mass is 364 g/mol. The van der Waals surface area contributed by atoms with Gasteiger partial charge >= 0.3 is 12.0 Å². The molecule has 0 saturated carbocycles. The third-order valence-electron chi connectivity index (χ3n) is 3.59. The summed E-state index contributed by atoms with van der Waals surface area (Å²) in [6.07, 6.45) is 0.175. The van der Waals surface area contributed by atoms with E-state index in [9.17, 15) is 14.0 Å². The van der Waals surface area contributed by atoms with Crippen molar-refractivity contribution in [1.82, 2.24) is 5.32 Å². The number of rotatable bonds is 5. The fraction of sp³-hybridized carbons (Fsp3) is 0.222. The van der Waals surface area contributed by atoms with E-state index in [0.717, 1.165) is 5.56 Å². The lowest BCUT2D eigenvalue weighted by molar-refractivity contribution is -0.142. The summed E-state index contributed by atoms with van der Waals surface area (Å²) in [5.41, 5.74) is 2.05. The summed E-state index contributed by atoms with van der Waals surface area (Å²) in [7, 11) is 1.24. The second-order valence-electron chi connectivity index (χ2n) is 5.46. The number of halogens is 2. The van der Waals surface area contributed by atoms with Gasteiger partial charge in [-0.25, -0.2) is 14.0 Å². The zero-order valence-corrected chi connectivity index (χ0v) is 14.6. The summed E-state index contributed by atoms with van der Waals surface area (Å²) >= 11 is 5.92. The average Bonchev–Trinajstić information content (AvgIpc) is 2.58. The maximum Gasteiger partial charge on any atom is 0.328 e. The first kappa shape index (κ1) is 18.7. The summed E-state index contributed by atoms with van der Waals surface area (Å²) in [5.74, 6) is -0.970. The zero-order chi connectivity index (χ0) is 18.4. The minimum Gasteiger partial charge on any atom is -0.467 e. The first-order chi connectivity index (χ1) is 11.9. The molecule has 2 aromatic carbocycles. The molecule has 0 heterocycles. The van der Waals surface area contributed by atoms with Crippen LogP contribution in [0.25, 0.3) is 0 Å². The Morgan fingerprint density at radius 2 is 1.88 bits per heavy atom. The zero-order valence-electron chi connectivity index (χ0n) is 13.8. The van der Waals surface area contributed by atoms with Crippen molar-refractivity contribution in [2.75, 3.05) is 12.4 Å². The van der Waals surface area contributed by atoms with E-state index in [2.05, 4.69) is 10.6 Å². The van der Waals surface area contributed by atoms with Gasteiger partial charge in [-0.05, 0) is 42.3 Å². The number of urea groups is 1. The van der Waals surface area contributed by atoms with Crippen LogP contribution in [0.3, 0.4) is 0 Å². The van der Waals surface area contributed by atoms with Crippen LogP contribution in [-0.4, -0.2) is 25.2 Å². The number of methoxy groups -OCH3 is 1. The van der Waals surface area contributed by atoms with E-state index in [-0.39, 0.29) is 12.2 Å². The van der Waals surface area contributed by atoms with Crippen molar-refractivity contribution < 1.29 is 18.7 Å². The van der Waals surface area contributed by atoms with E-state index in [0.29, 0.717) is 16.3 Å². The van der Waals surface area contributed by atoms with Crippen molar-refractivity contribution in [2.45, 2.75) is 19.4 Å². The number of benzene rings is 2. The molecule has 0 aliphatic heterocycles. The first-order valence-electron chi connectivity index (χ1n) is 7.55. The highest BCUT2D eigenvalue weighted by atomic mass is 35.5. The minimum absolute atomic E-state index is 0.175. The highest BCUT2D eigenvalue weighted by Crippen LogP contribution is 2.20. The van der Waals surface area contributed by atoms with Crippen molar-refractivity contribution >= 4 is 29.3 Å². The summed E-state index contributed by atoms with van der Waals surface area (Å²) in [6.45, 7) is 1.82. The Balaban J connectivity index is 2.08. The molecule has 2 N–H and O–H groups in total. The maximum atomic E-state index is 13.0. The number of amides is 2. The molecule has 0 bridgehead atoms. The molecule has 25 heavy (non-hydrogen) atoms. The molecule has 0 spiro atoms. The molecule has 7 heteroatoms. The Morgan fingerprint density at radius 3 is 2.52 bits per heavy atom. The van der Waals surface area contributed by atoms with Gasteiger partial charge in [-0.1, -0.05) is 29.8 Å². The van der Waals surface area contributed by atoms with E-state index in [4.69, 9.17) is 16.3 Å². The Morgan fingerprint density at radius 1 is 1.20 bits per heavy atom. The first-order valence-corrected chi connectivity index (χ1v) is 7.93. The number of aryl methyl sites for hydroxylation is 1. The van der Waals surface area contributed by atoms with Crippen LogP contribution in [0.1, 0.15) is 11.1 Å². The van der Waals surface area contributed by atoms with Gasteiger partial charge in [0.05, 0.1) is 7.11 Å². The van der Waals surface area contributed by atoms with Gasteiger partial charge in [0.25, 0.3) is 0 Å². The predicted molar refractivity (Wildman–Crippen MR) is 94.3 cm³/mol. The topological polar surface area (TPSA) is 67.4 Å². The fourth-order valence-corrected chi connectivity index (χ4v) is 2.41. The Hall–Kier alpha value is -2.60. The van der Waals surface area contributed by atoms with Gasteiger partial charge in [0.1, 0.15) is 11.9 Å². The second-order valence-corrected chi connectivity index (χ2v) is 5.90. The lowest BCUT2D eigenvalue weighted by atomic mass is 10.1. The molecule has 2 aromatic rings. The van der Waals surface area contributed by atoms with Crippen LogP contribution in [0.2, 0.25) is 5.02 Å². The lowest BCUT2D eigenvalue weighted by Crippen LogP contribution is -2.45. The van der Waals surface area contributed by atoms with E-state index < -0.39 is 18.0 Å². The molecule has 0 aromatic heterocycles. The molecule has 0 aliphatic rings. The molecule has 0 aliphatic carbocycles. The summed E-state index contributed by atoms with van der Waals surface area (Å²) in [4.78, 5) is 24.2. The molecule has 5 nitrogen and oxygen atoms in total. The third kappa shape index (κ3) is 5.46. The van der Waals surface area contributed by atoms with E-state index in [1.807, 2.05) is 6.92 Å².